The van der Waals surface area contributed by atoms with Gasteiger partial charge in [-0.3, -0.25) is 4.79 Å². The number of nitrogens with zero attached hydrogens (tertiary/aromatic N) is 5. The van der Waals surface area contributed by atoms with E-state index in [0.717, 1.165) is 29.4 Å². The molecule has 28 heavy (non-hydrogen) atoms. The molecule has 4 rings (SSSR count). The van der Waals surface area contributed by atoms with Gasteiger partial charge in [0.1, 0.15) is 5.82 Å². The summed E-state index contributed by atoms with van der Waals surface area (Å²) in [6, 6.07) is 8.09. The number of aryl methyl sites for hydroxylation is 1. The molecule has 3 aromatic rings. The molecule has 0 unspecified atom stereocenters. The lowest BCUT2D eigenvalue weighted by Crippen LogP contribution is -2.49. The van der Waals surface area contributed by atoms with Gasteiger partial charge in [-0.2, -0.15) is 0 Å². The number of piperazine rings is 1. The van der Waals surface area contributed by atoms with Crippen LogP contribution in [-0.2, 0) is 11.2 Å². The van der Waals surface area contributed by atoms with Crippen LogP contribution < -0.4 is 4.90 Å². The van der Waals surface area contributed by atoms with E-state index in [2.05, 4.69) is 19.9 Å². The summed E-state index contributed by atoms with van der Waals surface area (Å²) in [5.74, 6) is 0.599. The first-order valence-corrected chi connectivity index (χ1v) is 10.1. The van der Waals surface area contributed by atoms with E-state index in [4.69, 9.17) is 0 Å². The van der Waals surface area contributed by atoms with Crippen molar-refractivity contribution in [2.75, 3.05) is 31.1 Å². The van der Waals surface area contributed by atoms with Crippen LogP contribution in [-0.4, -0.2) is 51.9 Å². The van der Waals surface area contributed by atoms with E-state index in [9.17, 15) is 9.18 Å². The Labute approximate surface area is 166 Å². The summed E-state index contributed by atoms with van der Waals surface area (Å²) < 4.78 is 13.0. The van der Waals surface area contributed by atoms with Gasteiger partial charge in [0.15, 0.2) is 0 Å². The highest BCUT2D eigenvalue weighted by Gasteiger charge is 2.22. The van der Waals surface area contributed by atoms with Crippen LogP contribution in [0.2, 0.25) is 0 Å². The first-order chi connectivity index (χ1) is 13.7. The van der Waals surface area contributed by atoms with Gasteiger partial charge in [0.05, 0.1) is 10.7 Å². The molecule has 0 radical (unpaired) electrons. The fourth-order valence-corrected chi connectivity index (χ4v) is 3.97. The number of aromatic nitrogens is 3. The van der Waals surface area contributed by atoms with E-state index in [0.29, 0.717) is 31.9 Å². The second-order valence-electron chi connectivity index (χ2n) is 6.55. The highest BCUT2D eigenvalue weighted by atomic mass is 32.1. The summed E-state index contributed by atoms with van der Waals surface area (Å²) in [6.45, 7) is 2.83. The maximum absolute atomic E-state index is 13.0. The van der Waals surface area contributed by atoms with Crippen LogP contribution in [0.5, 0.6) is 0 Å². The van der Waals surface area contributed by atoms with Crippen molar-refractivity contribution >= 4 is 23.2 Å². The molecule has 0 N–H and O–H groups in total. The molecule has 0 aliphatic carbocycles. The third kappa shape index (κ3) is 4.33. The number of hydrogen-bond donors (Lipinski definition) is 0. The number of thiazole rings is 1. The minimum Gasteiger partial charge on any atom is -0.339 e. The highest BCUT2D eigenvalue weighted by molar-refractivity contribution is 7.09. The lowest BCUT2D eigenvalue weighted by molar-refractivity contribution is -0.131. The molecule has 8 heteroatoms. The van der Waals surface area contributed by atoms with Gasteiger partial charge in [0.2, 0.25) is 11.9 Å². The van der Waals surface area contributed by atoms with Gasteiger partial charge in [-0.1, -0.05) is 0 Å². The average Bonchev–Trinajstić information content (AvgIpc) is 3.22. The Bertz CT molecular complexity index is 923. The van der Waals surface area contributed by atoms with Gasteiger partial charge in [-0.15, -0.1) is 11.3 Å². The monoisotopic (exact) mass is 397 g/mol. The largest absolute Gasteiger partial charge is 0.339 e. The van der Waals surface area contributed by atoms with E-state index >= 15 is 0 Å². The van der Waals surface area contributed by atoms with Gasteiger partial charge in [-0.05, 0) is 30.3 Å². The number of carbonyl (C=O) groups excluding carboxylic acids is 1. The zero-order chi connectivity index (χ0) is 19.3. The van der Waals surface area contributed by atoms with Crippen molar-refractivity contribution in [2.45, 2.75) is 12.8 Å². The minimum absolute atomic E-state index is 0.146. The molecule has 0 bridgehead atoms. The molecule has 1 saturated heterocycles. The summed E-state index contributed by atoms with van der Waals surface area (Å²) in [6.07, 6.45) is 4.52. The van der Waals surface area contributed by atoms with Crippen molar-refractivity contribution in [2.24, 2.45) is 0 Å². The molecule has 2 aromatic heterocycles. The Morgan fingerprint density at radius 1 is 1.07 bits per heavy atom. The third-order valence-corrected chi connectivity index (χ3v) is 5.62. The molecule has 0 atom stereocenters. The van der Waals surface area contributed by atoms with E-state index < -0.39 is 0 Å². The molecule has 0 spiro atoms. The van der Waals surface area contributed by atoms with E-state index in [1.54, 1.807) is 30.6 Å². The summed E-state index contributed by atoms with van der Waals surface area (Å²) in [7, 11) is 0. The predicted octanol–water partition coefficient (Wildman–Crippen LogP) is 3.02. The molecule has 1 aliphatic heterocycles. The SMILES string of the molecule is O=C(CCc1nc(-c2ccc(F)cc2)cs1)N1CCN(c2ncccn2)CC1. The number of anilines is 1. The Hall–Kier alpha value is -2.87. The highest BCUT2D eigenvalue weighted by Crippen LogP contribution is 2.23. The Kier molecular flexibility index (Phi) is 5.57. The van der Waals surface area contributed by atoms with Crippen LogP contribution in [0.15, 0.2) is 48.1 Å². The molecule has 1 aliphatic rings. The first kappa shape index (κ1) is 18.5. The third-order valence-electron chi connectivity index (χ3n) is 4.71. The molecule has 0 saturated carbocycles. The molecule has 1 amide bonds. The summed E-state index contributed by atoms with van der Waals surface area (Å²) in [5.41, 5.74) is 1.71. The van der Waals surface area contributed by atoms with E-state index in [1.165, 1.54) is 23.5 Å². The van der Waals surface area contributed by atoms with Crippen molar-refractivity contribution in [3.63, 3.8) is 0 Å². The topological polar surface area (TPSA) is 62.2 Å². The molecule has 1 aromatic carbocycles. The molecule has 1 fully saturated rings. The van der Waals surface area contributed by atoms with Crippen LogP contribution in [0.25, 0.3) is 11.3 Å². The molecule has 144 valence electrons. The summed E-state index contributed by atoms with van der Waals surface area (Å²) in [4.78, 5) is 29.6. The van der Waals surface area contributed by atoms with Gasteiger partial charge in [0.25, 0.3) is 0 Å². The van der Waals surface area contributed by atoms with E-state index in [-0.39, 0.29) is 11.7 Å². The lowest BCUT2D eigenvalue weighted by Gasteiger charge is -2.34. The van der Waals surface area contributed by atoms with Crippen molar-refractivity contribution < 1.29 is 9.18 Å². The fraction of sp³-hybridized carbons (Fsp3) is 0.300. The van der Waals surface area contributed by atoms with Crippen molar-refractivity contribution in [1.29, 1.82) is 0 Å². The lowest BCUT2D eigenvalue weighted by atomic mass is 10.2. The summed E-state index contributed by atoms with van der Waals surface area (Å²) >= 11 is 1.53. The average molecular weight is 397 g/mol. The van der Waals surface area contributed by atoms with Crippen LogP contribution in [0.3, 0.4) is 0 Å². The Morgan fingerprint density at radius 3 is 2.50 bits per heavy atom. The van der Waals surface area contributed by atoms with E-state index in [1.807, 2.05) is 10.3 Å². The number of halogens is 1. The smallest absolute Gasteiger partial charge is 0.225 e. The first-order valence-electron chi connectivity index (χ1n) is 9.19. The zero-order valence-corrected chi connectivity index (χ0v) is 16.1. The minimum atomic E-state index is -0.260. The number of benzene rings is 1. The van der Waals surface area contributed by atoms with Crippen LogP contribution in [0.1, 0.15) is 11.4 Å². The Balaban J connectivity index is 1.28. The fourth-order valence-electron chi connectivity index (χ4n) is 3.16. The van der Waals surface area contributed by atoms with Gasteiger partial charge in [0, 0.05) is 62.4 Å². The number of rotatable bonds is 5. The van der Waals surface area contributed by atoms with Crippen molar-refractivity contribution in [3.05, 3.63) is 58.9 Å². The second kappa shape index (κ2) is 8.43. The predicted molar refractivity (Wildman–Crippen MR) is 107 cm³/mol. The zero-order valence-electron chi connectivity index (χ0n) is 15.3. The van der Waals surface area contributed by atoms with Crippen LogP contribution in [0.4, 0.5) is 10.3 Å². The van der Waals surface area contributed by atoms with Gasteiger partial charge < -0.3 is 9.80 Å². The molecule has 3 heterocycles. The molecular weight excluding hydrogens is 377 g/mol. The molecular formula is C20H20FN5OS. The van der Waals surface area contributed by atoms with Crippen molar-refractivity contribution in [3.8, 4) is 11.3 Å². The quantitative estimate of drug-likeness (QED) is 0.662. The second-order valence-corrected chi connectivity index (χ2v) is 7.49. The van der Waals surface area contributed by atoms with Gasteiger partial charge >= 0.3 is 0 Å². The number of carbonyl (C=O) groups is 1. The summed E-state index contributed by atoms with van der Waals surface area (Å²) in [5, 5.41) is 2.87. The van der Waals surface area contributed by atoms with Crippen LogP contribution in [0, 0.1) is 5.82 Å². The van der Waals surface area contributed by atoms with Gasteiger partial charge in [-0.25, -0.2) is 19.3 Å². The van der Waals surface area contributed by atoms with Crippen molar-refractivity contribution in [1.82, 2.24) is 19.9 Å². The van der Waals surface area contributed by atoms with Crippen LogP contribution >= 0.6 is 11.3 Å². The standard InChI is InChI=1S/C20H20FN5OS/c21-16-4-2-15(3-5-16)17-14-28-18(24-17)6-7-19(27)25-10-12-26(13-11-25)20-22-8-1-9-23-20/h1-5,8-9,14H,6-7,10-13H2. The molecule has 6 nitrogen and oxygen atoms in total. The Morgan fingerprint density at radius 2 is 1.79 bits per heavy atom. The maximum Gasteiger partial charge on any atom is 0.225 e. The normalized spacial score (nSPS) is 14.3. The number of hydrogen-bond acceptors (Lipinski definition) is 6. The maximum atomic E-state index is 13.0. The number of amides is 1.